The Morgan fingerprint density at radius 2 is 2.29 bits per heavy atom. The largest absolute Gasteiger partial charge is 0.290 e. The third-order valence-electron chi connectivity index (χ3n) is 2.93. The summed E-state index contributed by atoms with van der Waals surface area (Å²) in [7, 11) is 1.67. The van der Waals surface area contributed by atoms with Gasteiger partial charge in [-0.15, -0.1) is 10.2 Å². The molecule has 1 aliphatic carbocycles. The first-order chi connectivity index (χ1) is 6.68. The van der Waals surface area contributed by atoms with E-state index >= 15 is 0 Å². The number of hydrogen-bond donors (Lipinski definition) is 0. The maximum absolute atomic E-state index is 11.9. The van der Waals surface area contributed by atoms with E-state index in [-0.39, 0.29) is 17.5 Å². The number of Topliss-reactive ketones (excluding diaryl/α,β-unsaturated/α-hetero) is 1. The average molecular weight is 194 g/mol. The number of tetrazole rings is 1. The van der Waals surface area contributed by atoms with Crippen LogP contribution in [0.2, 0.25) is 0 Å². The molecule has 0 N–H and O–H groups in total. The summed E-state index contributed by atoms with van der Waals surface area (Å²) >= 11 is 0. The van der Waals surface area contributed by atoms with Gasteiger partial charge in [0, 0.05) is 5.92 Å². The minimum atomic E-state index is 0.0584. The van der Waals surface area contributed by atoms with Gasteiger partial charge in [0.15, 0.2) is 0 Å². The maximum atomic E-state index is 11.9. The smallest absolute Gasteiger partial charge is 0.240 e. The van der Waals surface area contributed by atoms with Crippen LogP contribution in [0, 0.1) is 11.8 Å². The van der Waals surface area contributed by atoms with Crippen molar-refractivity contribution in [3.63, 3.8) is 0 Å². The molecule has 2 unspecified atom stereocenters. The summed E-state index contributed by atoms with van der Waals surface area (Å²) in [6.45, 7) is 2.12. The molecule has 2 rings (SSSR count). The summed E-state index contributed by atoms with van der Waals surface area (Å²) in [5, 5.41) is 11.4. The van der Waals surface area contributed by atoms with E-state index in [0.717, 1.165) is 19.3 Å². The van der Waals surface area contributed by atoms with Crippen molar-refractivity contribution in [2.24, 2.45) is 18.9 Å². The lowest BCUT2D eigenvalue weighted by Crippen LogP contribution is -2.18. The molecule has 2 atom stereocenters. The first kappa shape index (κ1) is 9.30. The Morgan fingerprint density at radius 1 is 1.50 bits per heavy atom. The molecule has 1 aromatic heterocycles. The Kier molecular flexibility index (Phi) is 2.31. The lowest BCUT2D eigenvalue weighted by atomic mass is 9.93. The first-order valence-electron chi connectivity index (χ1n) is 4.96. The predicted octanol–water partition coefficient (Wildman–Crippen LogP) is 0.829. The highest BCUT2D eigenvalue weighted by Crippen LogP contribution is 2.32. The fraction of sp³-hybridized carbons (Fsp3) is 0.778. The second-order valence-electron chi connectivity index (χ2n) is 3.98. The molecule has 1 saturated carbocycles. The van der Waals surface area contributed by atoms with E-state index in [2.05, 4.69) is 22.3 Å². The first-order valence-corrected chi connectivity index (χ1v) is 4.96. The van der Waals surface area contributed by atoms with Gasteiger partial charge in [-0.05, 0) is 24.0 Å². The molecule has 1 heterocycles. The Bertz CT molecular complexity index is 346. The molecule has 0 aliphatic heterocycles. The van der Waals surface area contributed by atoms with Crippen LogP contribution < -0.4 is 0 Å². The Morgan fingerprint density at radius 3 is 2.79 bits per heavy atom. The van der Waals surface area contributed by atoms with Crippen molar-refractivity contribution >= 4 is 5.78 Å². The third kappa shape index (κ3) is 1.54. The number of rotatable bonds is 2. The van der Waals surface area contributed by atoms with Crippen LogP contribution in [-0.2, 0) is 7.05 Å². The van der Waals surface area contributed by atoms with Crippen molar-refractivity contribution in [3.8, 4) is 0 Å². The predicted molar refractivity (Wildman–Crippen MR) is 49.6 cm³/mol. The lowest BCUT2D eigenvalue weighted by molar-refractivity contribution is 0.0886. The highest BCUT2D eigenvalue weighted by Gasteiger charge is 2.32. The molecule has 76 valence electrons. The Labute approximate surface area is 82.5 Å². The van der Waals surface area contributed by atoms with Crippen LogP contribution >= 0.6 is 0 Å². The zero-order valence-corrected chi connectivity index (χ0v) is 8.47. The van der Waals surface area contributed by atoms with Gasteiger partial charge in [-0.25, -0.2) is 0 Å². The van der Waals surface area contributed by atoms with E-state index in [1.54, 1.807) is 7.05 Å². The summed E-state index contributed by atoms with van der Waals surface area (Å²) in [5.41, 5.74) is 0. The summed E-state index contributed by atoms with van der Waals surface area (Å²) < 4.78 is 0. The SMILES string of the molecule is CC1CCCC1C(=O)c1nnn(C)n1. The summed E-state index contributed by atoms with van der Waals surface area (Å²) in [6, 6.07) is 0. The average Bonchev–Trinajstić information content (AvgIpc) is 2.73. The van der Waals surface area contributed by atoms with Crippen molar-refractivity contribution in [3.05, 3.63) is 5.82 Å². The molecule has 1 aromatic rings. The molecule has 1 fully saturated rings. The lowest BCUT2D eigenvalue weighted by Gasteiger charge is -2.10. The summed E-state index contributed by atoms with van der Waals surface area (Å²) in [5.74, 6) is 0.903. The molecule has 0 bridgehead atoms. The summed E-state index contributed by atoms with van der Waals surface area (Å²) in [6.07, 6.45) is 3.24. The molecule has 0 spiro atoms. The normalized spacial score (nSPS) is 26.7. The second-order valence-corrected chi connectivity index (χ2v) is 3.98. The van der Waals surface area contributed by atoms with E-state index in [1.807, 2.05) is 0 Å². The van der Waals surface area contributed by atoms with Gasteiger partial charge in [-0.2, -0.15) is 4.80 Å². The number of aryl methyl sites for hydroxylation is 1. The molecule has 0 aromatic carbocycles. The number of aromatic nitrogens is 4. The third-order valence-corrected chi connectivity index (χ3v) is 2.93. The number of carbonyl (C=O) groups is 1. The molecule has 0 amide bonds. The van der Waals surface area contributed by atoms with Crippen molar-refractivity contribution in [2.75, 3.05) is 0 Å². The van der Waals surface area contributed by atoms with E-state index in [4.69, 9.17) is 0 Å². The maximum Gasteiger partial charge on any atom is 0.240 e. The molecule has 14 heavy (non-hydrogen) atoms. The van der Waals surface area contributed by atoms with Gasteiger partial charge < -0.3 is 0 Å². The molecular weight excluding hydrogens is 180 g/mol. The fourth-order valence-electron chi connectivity index (χ4n) is 2.08. The van der Waals surface area contributed by atoms with Crippen LogP contribution in [0.25, 0.3) is 0 Å². The van der Waals surface area contributed by atoms with Gasteiger partial charge >= 0.3 is 0 Å². The van der Waals surface area contributed by atoms with Crippen molar-refractivity contribution < 1.29 is 4.79 Å². The van der Waals surface area contributed by atoms with Gasteiger partial charge in [-0.3, -0.25) is 4.79 Å². The van der Waals surface area contributed by atoms with Gasteiger partial charge in [0.1, 0.15) is 0 Å². The zero-order valence-electron chi connectivity index (χ0n) is 8.47. The number of nitrogens with zero attached hydrogens (tertiary/aromatic N) is 4. The van der Waals surface area contributed by atoms with Gasteiger partial charge in [0.05, 0.1) is 7.05 Å². The van der Waals surface area contributed by atoms with Gasteiger partial charge in [0.2, 0.25) is 11.6 Å². The van der Waals surface area contributed by atoms with Crippen LogP contribution in [0.5, 0.6) is 0 Å². The van der Waals surface area contributed by atoms with E-state index in [9.17, 15) is 4.79 Å². The van der Waals surface area contributed by atoms with Crippen molar-refractivity contribution in [1.29, 1.82) is 0 Å². The topological polar surface area (TPSA) is 60.7 Å². The van der Waals surface area contributed by atoms with Crippen LogP contribution in [0.15, 0.2) is 0 Å². The number of carbonyl (C=O) groups excluding carboxylic acids is 1. The molecule has 0 radical (unpaired) electrons. The number of hydrogen-bond acceptors (Lipinski definition) is 4. The van der Waals surface area contributed by atoms with Crippen molar-refractivity contribution in [2.45, 2.75) is 26.2 Å². The van der Waals surface area contributed by atoms with Crippen LogP contribution in [0.4, 0.5) is 0 Å². The highest BCUT2D eigenvalue weighted by molar-refractivity contribution is 5.94. The van der Waals surface area contributed by atoms with Crippen molar-refractivity contribution in [1.82, 2.24) is 20.2 Å². The molecule has 5 nitrogen and oxygen atoms in total. The molecule has 1 aliphatic rings. The number of ketones is 1. The fourth-order valence-corrected chi connectivity index (χ4v) is 2.08. The Balaban J connectivity index is 2.15. The highest BCUT2D eigenvalue weighted by atomic mass is 16.1. The summed E-state index contributed by atoms with van der Waals surface area (Å²) in [4.78, 5) is 13.2. The minimum absolute atomic E-state index is 0.0584. The Hall–Kier alpha value is -1.26. The van der Waals surface area contributed by atoms with E-state index in [1.165, 1.54) is 4.80 Å². The standard InChI is InChI=1S/C9H14N4O/c1-6-4-3-5-7(6)8(14)9-10-12-13(2)11-9/h6-7H,3-5H2,1-2H3. The van der Waals surface area contributed by atoms with Crippen LogP contribution in [-0.4, -0.2) is 26.0 Å². The van der Waals surface area contributed by atoms with Gasteiger partial charge in [-0.1, -0.05) is 13.3 Å². The van der Waals surface area contributed by atoms with Crippen LogP contribution in [0.3, 0.4) is 0 Å². The minimum Gasteiger partial charge on any atom is -0.290 e. The zero-order chi connectivity index (χ0) is 10.1. The second kappa shape index (κ2) is 3.48. The monoisotopic (exact) mass is 194 g/mol. The molecular formula is C9H14N4O. The van der Waals surface area contributed by atoms with Crippen LogP contribution in [0.1, 0.15) is 36.8 Å². The van der Waals surface area contributed by atoms with E-state index in [0.29, 0.717) is 5.92 Å². The molecule has 0 saturated heterocycles. The van der Waals surface area contributed by atoms with Gasteiger partial charge in [0.25, 0.3) is 0 Å². The molecule has 5 heteroatoms. The quantitative estimate of drug-likeness (QED) is 0.654. The van der Waals surface area contributed by atoms with E-state index < -0.39 is 0 Å².